The number of hydrogen-bond acceptors (Lipinski definition) is 4. The van der Waals surface area contributed by atoms with Gasteiger partial charge in [-0.15, -0.1) is 0 Å². The Labute approximate surface area is 147 Å². The van der Waals surface area contributed by atoms with Crippen LogP contribution in [0.5, 0.6) is 0 Å². The van der Waals surface area contributed by atoms with Crippen molar-refractivity contribution in [3.8, 4) is 5.69 Å². The normalized spacial score (nSPS) is 12.2. The number of tetrazole rings is 1. The van der Waals surface area contributed by atoms with E-state index in [0.29, 0.717) is 24.5 Å². The smallest absolute Gasteiger partial charge is 0.275 e. The van der Waals surface area contributed by atoms with Crippen molar-refractivity contribution in [1.82, 2.24) is 25.1 Å². The number of hydrogen-bond donors (Lipinski definition) is 2. The molecule has 2 aromatic rings. The summed E-state index contributed by atoms with van der Waals surface area (Å²) >= 11 is 5.49. The highest BCUT2D eigenvalue weighted by atomic mass is 32.1. The Bertz CT molecular complexity index is 766. The number of carbonyl (C=O) groups is 1. The van der Waals surface area contributed by atoms with E-state index in [9.17, 15) is 4.79 Å². The van der Waals surface area contributed by atoms with E-state index in [1.54, 1.807) is 9.36 Å². The number of aryl methyl sites for hydroxylation is 2. The zero-order valence-corrected chi connectivity index (χ0v) is 15.5. The SMILES string of the molecule is CCCNC(=O)C[NH+](C)Cn1nnn(-c2ccc(C)cc2C)c1=S. The summed E-state index contributed by atoms with van der Waals surface area (Å²) in [5.41, 5.74) is 3.21. The Morgan fingerprint density at radius 1 is 1.33 bits per heavy atom. The van der Waals surface area contributed by atoms with Crippen molar-refractivity contribution in [3.63, 3.8) is 0 Å². The topological polar surface area (TPSA) is 69.2 Å². The van der Waals surface area contributed by atoms with Crippen LogP contribution in [0.2, 0.25) is 0 Å². The molecule has 2 N–H and O–H groups in total. The standard InChI is InChI=1S/C16H24N6OS/c1-5-8-17-15(23)10-20(4)11-21-16(24)22(19-18-21)14-7-6-12(2)9-13(14)3/h6-7,9H,5,8,10-11H2,1-4H3,(H,17,23)/p+1. The molecule has 0 aliphatic rings. The van der Waals surface area contributed by atoms with E-state index in [1.807, 2.05) is 33.0 Å². The Balaban J connectivity index is 2.10. The minimum Gasteiger partial charge on any atom is -0.351 e. The van der Waals surface area contributed by atoms with Crippen molar-refractivity contribution in [3.05, 3.63) is 34.1 Å². The lowest BCUT2D eigenvalue weighted by Crippen LogP contribution is -3.09. The predicted octanol–water partition coefficient (Wildman–Crippen LogP) is 0.414. The number of quaternary nitrogens is 1. The molecule has 1 amide bonds. The molecular weight excluding hydrogens is 324 g/mol. The molecule has 7 nitrogen and oxygen atoms in total. The van der Waals surface area contributed by atoms with E-state index in [4.69, 9.17) is 12.2 Å². The highest BCUT2D eigenvalue weighted by molar-refractivity contribution is 7.71. The minimum absolute atomic E-state index is 0.0302. The summed E-state index contributed by atoms with van der Waals surface area (Å²) in [4.78, 5) is 12.8. The first-order valence-corrected chi connectivity index (χ1v) is 8.51. The number of aromatic nitrogens is 4. The zero-order valence-electron chi connectivity index (χ0n) is 14.7. The van der Waals surface area contributed by atoms with E-state index in [2.05, 4.69) is 28.7 Å². The van der Waals surface area contributed by atoms with Gasteiger partial charge in [-0.05, 0) is 54.5 Å². The van der Waals surface area contributed by atoms with Crippen molar-refractivity contribution in [2.75, 3.05) is 20.1 Å². The first kappa shape index (κ1) is 18.3. The third kappa shape index (κ3) is 4.48. The van der Waals surface area contributed by atoms with E-state index in [0.717, 1.165) is 22.6 Å². The lowest BCUT2D eigenvalue weighted by atomic mass is 10.1. The summed E-state index contributed by atoms with van der Waals surface area (Å²) in [5, 5.41) is 11.2. The lowest BCUT2D eigenvalue weighted by molar-refractivity contribution is -0.895. The third-order valence-electron chi connectivity index (χ3n) is 3.67. The molecular formula is C16H25N6OS+. The van der Waals surface area contributed by atoms with Crippen molar-refractivity contribution >= 4 is 18.1 Å². The van der Waals surface area contributed by atoms with Crippen LogP contribution in [0, 0.1) is 18.6 Å². The molecule has 2 rings (SSSR count). The zero-order chi connectivity index (χ0) is 17.7. The van der Waals surface area contributed by atoms with E-state index in [-0.39, 0.29) is 5.91 Å². The molecule has 130 valence electrons. The first-order valence-electron chi connectivity index (χ1n) is 8.10. The highest BCUT2D eigenvalue weighted by Gasteiger charge is 2.14. The predicted molar refractivity (Wildman–Crippen MR) is 94.7 cm³/mol. The maximum atomic E-state index is 11.8. The van der Waals surface area contributed by atoms with Gasteiger partial charge in [0.2, 0.25) is 4.77 Å². The molecule has 0 saturated carbocycles. The van der Waals surface area contributed by atoms with Gasteiger partial charge in [-0.2, -0.15) is 9.36 Å². The molecule has 1 aromatic carbocycles. The van der Waals surface area contributed by atoms with E-state index in [1.165, 1.54) is 5.56 Å². The van der Waals surface area contributed by atoms with Gasteiger partial charge >= 0.3 is 0 Å². The van der Waals surface area contributed by atoms with Gasteiger partial charge in [0, 0.05) is 6.54 Å². The third-order valence-corrected chi connectivity index (χ3v) is 4.06. The van der Waals surface area contributed by atoms with Crippen molar-refractivity contribution < 1.29 is 9.69 Å². The Kier molecular flexibility index (Phi) is 6.22. The van der Waals surface area contributed by atoms with Gasteiger partial charge in [-0.3, -0.25) is 4.79 Å². The molecule has 0 fully saturated rings. The molecule has 1 aromatic heterocycles. The maximum Gasteiger partial charge on any atom is 0.275 e. The largest absolute Gasteiger partial charge is 0.351 e. The van der Waals surface area contributed by atoms with Gasteiger partial charge in [-0.1, -0.05) is 24.6 Å². The molecule has 0 aliphatic carbocycles. The van der Waals surface area contributed by atoms with Crippen LogP contribution >= 0.6 is 12.2 Å². The summed E-state index contributed by atoms with van der Waals surface area (Å²) in [6, 6.07) is 6.11. The summed E-state index contributed by atoms with van der Waals surface area (Å²) in [5.74, 6) is 0.0302. The molecule has 0 saturated heterocycles. The number of rotatable bonds is 7. The van der Waals surface area contributed by atoms with Crippen molar-refractivity contribution in [2.24, 2.45) is 0 Å². The van der Waals surface area contributed by atoms with Crippen LogP contribution in [-0.2, 0) is 11.5 Å². The Hall–Kier alpha value is -2.06. The Morgan fingerprint density at radius 3 is 2.75 bits per heavy atom. The molecule has 1 atom stereocenters. The fourth-order valence-corrected chi connectivity index (χ4v) is 2.72. The molecule has 8 heteroatoms. The molecule has 0 aliphatic heterocycles. The number of carbonyl (C=O) groups excluding carboxylic acids is 1. The molecule has 0 bridgehead atoms. The van der Waals surface area contributed by atoms with Crippen LogP contribution in [-0.4, -0.2) is 45.8 Å². The number of nitrogens with one attached hydrogen (secondary N) is 2. The van der Waals surface area contributed by atoms with Crippen LogP contribution < -0.4 is 10.2 Å². The van der Waals surface area contributed by atoms with Crippen LogP contribution in [0.3, 0.4) is 0 Å². The molecule has 0 radical (unpaired) electrons. The summed E-state index contributed by atoms with van der Waals surface area (Å²) in [6.45, 7) is 7.67. The number of amides is 1. The first-order chi connectivity index (χ1) is 11.4. The van der Waals surface area contributed by atoms with Gasteiger partial charge < -0.3 is 10.2 Å². The lowest BCUT2D eigenvalue weighted by Gasteiger charge is -2.13. The van der Waals surface area contributed by atoms with Crippen LogP contribution in [0.25, 0.3) is 5.69 Å². The minimum atomic E-state index is 0.0302. The van der Waals surface area contributed by atoms with Crippen LogP contribution in [0.1, 0.15) is 24.5 Å². The van der Waals surface area contributed by atoms with Gasteiger partial charge in [-0.25, -0.2) is 0 Å². The van der Waals surface area contributed by atoms with Gasteiger partial charge in [0.05, 0.1) is 12.7 Å². The fourth-order valence-electron chi connectivity index (χ4n) is 2.48. The summed E-state index contributed by atoms with van der Waals surface area (Å²) in [6.07, 6.45) is 0.931. The quantitative estimate of drug-likeness (QED) is 0.711. The molecule has 0 spiro atoms. The average Bonchev–Trinajstić information content (AvgIpc) is 2.86. The number of likely N-dealkylation sites (N-methyl/N-ethyl adjacent to an activating group) is 1. The van der Waals surface area contributed by atoms with E-state index >= 15 is 0 Å². The van der Waals surface area contributed by atoms with Crippen molar-refractivity contribution in [1.29, 1.82) is 0 Å². The summed E-state index contributed by atoms with van der Waals surface area (Å²) in [7, 11) is 1.93. The fraction of sp³-hybridized carbons (Fsp3) is 0.500. The second kappa shape index (κ2) is 8.16. The average molecular weight is 349 g/mol. The van der Waals surface area contributed by atoms with Gasteiger partial charge in [0.1, 0.15) is 0 Å². The highest BCUT2D eigenvalue weighted by Crippen LogP contribution is 2.14. The number of nitrogens with zero attached hydrogens (tertiary/aromatic N) is 4. The van der Waals surface area contributed by atoms with Gasteiger partial charge in [0.25, 0.3) is 5.91 Å². The van der Waals surface area contributed by atoms with Crippen molar-refractivity contribution in [2.45, 2.75) is 33.9 Å². The van der Waals surface area contributed by atoms with Crippen LogP contribution in [0.15, 0.2) is 18.2 Å². The summed E-state index contributed by atoms with van der Waals surface area (Å²) < 4.78 is 3.83. The maximum absolute atomic E-state index is 11.8. The molecule has 24 heavy (non-hydrogen) atoms. The second-order valence-corrected chi connectivity index (χ2v) is 6.47. The van der Waals surface area contributed by atoms with Gasteiger partial charge in [0.15, 0.2) is 13.2 Å². The Morgan fingerprint density at radius 2 is 2.08 bits per heavy atom. The monoisotopic (exact) mass is 349 g/mol. The molecule has 1 heterocycles. The second-order valence-electron chi connectivity index (χ2n) is 6.10. The van der Waals surface area contributed by atoms with E-state index < -0.39 is 0 Å². The number of benzene rings is 1. The van der Waals surface area contributed by atoms with Crippen LogP contribution in [0.4, 0.5) is 0 Å². The molecule has 1 unspecified atom stereocenters.